The molecule has 0 fully saturated rings. The van der Waals surface area contributed by atoms with Crippen LogP contribution in [-0.4, -0.2) is 24.7 Å². The van der Waals surface area contributed by atoms with Crippen LogP contribution < -0.4 is 9.79 Å². The normalized spacial score (nSPS) is 13.7. The Hall–Kier alpha value is 2.76. The molecule has 47 heavy (non-hydrogen) atoms. The molecule has 0 aromatic rings. The van der Waals surface area contributed by atoms with E-state index in [1.54, 1.807) is 0 Å². The van der Waals surface area contributed by atoms with E-state index in [1.165, 1.54) is 177 Å². The Balaban J connectivity index is -0.000000807. The molecule has 2 unspecified atom stereocenters. The van der Waals surface area contributed by atoms with Gasteiger partial charge in [-0.05, 0) is 37.2 Å². The minimum Gasteiger partial charge on any atom is -0.793 e. The summed E-state index contributed by atoms with van der Waals surface area (Å²) in [5, 5.41) is 0. The third-order valence-corrected chi connectivity index (χ3v) is 16.7. The van der Waals surface area contributed by atoms with Crippen molar-refractivity contribution in [3.8, 4) is 0 Å². The maximum Gasteiger partial charge on any atom is 2.00 e. The maximum absolute atomic E-state index is 12.1. The molecule has 0 aliphatic carbocycles. The minimum atomic E-state index is -2.82. The molecular weight excluding hydrogens is 799 g/mol. The van der Waals surface area contributed by atoms with Gasteiger partial charge < -0.3 is 18.8 Å². The van der Waals surface area contributed by atoms with E-state index in [-0.39, 0.29) is 27.3 Å². The van der Waals surface area contributed by atoms with Gasteiger partial charge in [0.05, 0.1) is 13.2 Å². The first-order valence-corrected chi connectivity index (χ1v) is 27.9. The van der Waals surface area contributed by atoms with Crippen molar-refractivity contribution in [3.05, 3.63) is 0 Å². The fraction of sp³-hybridized carbons (Fsp3) is 1.00. The SMILES string of the molecule is CCCCCCCCCOP([O-])(=S)SCCCCCCCCC.CCCCCCCCCOP([O-])(=S)SCCCCCCCCC.[Cd+2]. The zero-order valence-electron chi connectivity index (χ0n) is 31.5. The summed E-state index contributed by atoms with van der Waals surface area (Å²) >= 11 is 13.0. The van der Waals surface area contributed by atoms with Crippen molar-refractivity contribution in [2.45, 2.75) is 207 Å². The topological polar surface area (TPSA) is 64.6 Å². The molecule has 0 N–H and O–H groups in total. The monoisotopic (exact) mass is 876 g/mol. The molecular formula is C36H76CdO4P2S4. The van der Waals surface area contributed by atoms with Gasteiger partial charge in [0.15, 0.2) is 0 Å². The van der Waals surface area contributed by atoms with E-state index in [0.717, 1.165) is 37.2 Å². The predicted octanol–water partition coefficient (Wildman–Crippen LogP) is 13.6. The van der Waals surface area contributed by atoms with Crippen LogP contribution in [0.1, 0.15) is 207 Å². The van der Waals surface area contributed by atoms with E-state index in [0.29, 0.717) is 13.2 Å². The summed E-state index contributed by atoms with van der Waals surface area (Å²) in [6.45, 7) is 10.1. The number of unbranched alkanes of at least 4 members (excludes halogenated alkanes) is 24. The smallest absolute Gasteiger partial charge is 0.793 e. The molecule has 0 bridgehead atoms. The number of hydrogen-bond donors (Lipinski definition) is 0. The van der Waals surface area contributed by atoms with Gasteiger partial charge in [-0.3, -0.25) is 0 Å². The van der Waals surface area contributed by atoms with Gasteiger partial charge in [0.1, 0.15) is 0 Å². The second-order valence-electron chi connectivity index (χ2n) is 12.7. The molecule has 0 radical (unpaired) electrons. The van der Waals surface area contributed by atoms with Gasteiger partial charge in [0.25, 0.3) is 0 Å². The summed E-state index contributed by atoms with van der Waals surface area (Å²) in [7, 11) is 0. The van der Waals surface area contributed by atoms with Crippen LogP contribution in [-0.2, 0) is 60.0 Å². The van der Waals surface area contributed by atoms with Crippen LogP contribution in [0, 0.1) is 0 Å². The van der Waals surface area contributed by atoms with Crippen molar-refractivity contribution in [2.24, 2.45) is 0 Å². The fourth-order valence-electron chi connectivity index (χ4n) is 5.02. The van der Waals surface area contributed by atoms with E-state index in [1.807, 2.05) is 0 Å². The molecule has 2 atom stereocenters. The first-order chi connectivity index (χ1) is 22.2. The van der Waals surface area contributed by atoms with Gasteiger partial charge in [-0.2, -0.15) is 0 Å². The van der Waals surface area contributed by atoms with Crippen molar-refractivity contribution >= 4 is 57.8 Å². The largest absolute Gasteiger partial charge is 2.00 e. The molecule has 0 aliphatic rings. The summed E-state index contributed by atoms with van der Waals surface area (Å²) in [5.74, 6) is 1.76. The van der Waals surface area contributed by atoms with Gasteiger partial charge in [0.2, 0.25) is 0 Å². The molecule has 0 aliphatic heterocycles. The van der Waals surface area contributed by atoms with Crippen LogP contribution in [0.5, 0.6) is 0 Å². The Kier molecular flexibility index (Phi) is 49.7. The minimum absolute atomic E-state index is 0. The summed E-state index contributed by atoms with van der Waals surface area (Å²) in [6.07, 6.45) is 35.3. The van der Waals surface area contributed by atoms with Crippen molar-refractivity contribution in [1.82, 2.24) is 0 Å². The Morgan fingerprint density at radius 2 is 0.596 bits per heavy atom. The van der Waals surface area contributed by atoms with E-state index >= 15 is 0 Å². The van der Waals surface area contributed by atoms with Crippen LogP contribution in [0.15, 0.2) is 0 Å². The zero-order chi connectivity index (χ0) is 34.5. The van der Waals surface area contributed by atoms with Crippen LogP contribution >= 0.6 is 34.2 Å². The van der Waals surface area contributed by atoms with Crippen LogP contribution in [0.2, 0.25) is 0 Å². The molecule has 0 spiro atoms. The van der Waals surface area contributed by atoms with Crippen LogP contribution in [0.25, 0.3) is 0 Å². The van der Waals surface area contributed by atoms with Gasteiger partial charge >= 0.3 is 27.3 Å². The van der Waals surface area contributed by atoms with Crippen molar-refractivity contribution in [3.63, 3.8) is 0 Å². The first kappa shape index (κ1) is 54.1. The Labute approximate surface area is 333 Å². The molecule has 11 heteroatoms. The average molecular weight is 876 g/mol. The fourth-order valence-corrected chi connectivity index (χ4v) is 11.8. The van der Waals surface area contributed by atoms with Crippen LogP contribution in [0.3, 0.4) is 0 Å². The van der Waals surface area contributed by atoms with Gasteiger partial charge in [0, 0.05) is 11.4 Å². The predicted molar refractivity (Wildman–Crippen MR) is 217 cm³/mol. The Morgan fingerprint density at radius 3 is 0.851 bits per heavy atom. The third-order valence-electron chi connectivity index (χ3n) is 7.99. The summed E-state index contributed by atoms with van der Waals surface area (Å²) in [5.41, 5.74) is -5.65. The molecule has 0 aromatic carbocycles. The molecule has 0 rings (SSSR count). The van der Waals surface area contributed by atoms with Crippen molar-refractivity contribution in [2.75, 3.05) is 24.7 Å². The van der Waals surface area contributed by atoms with Crippen molar-refractivity contribution in [1.29, 1.82) is 0 Å². The Morgan fingerprint density at radius 1 is 0.383 bits per heavy atom. The average Bonchev–Trinajstić information content (AvgIpc) is 3.02. The summed E-state index contributed by atoms with van der Waals surface area (Å²) < 4.78 is 10.9. The second-order valence-corrected chi connectivity index (χ2v) is 25.1. The van der Waals surface area contributed by atoms with E-state index < -0.39 is 11.4 Å². The van der Waals surface area contributed by atoms with Gasteiger partial charge in [-0.25, -0.2) is 0 Å². The van der Waals surface area contributed by atoms with E-state index in [2.05, 4.69) is 27.7 Å². The molecule has 0 amide bonds. The summed E-state index contributed by atoms with van der Waals surface area (Å²) in [6, 6.07) is 0. The molecule has 0 saturated heterocycles. The van der Waals surface area contributed by atoms with Gasteiger partial charge in [-0.15, -0.1) is 22.8 Å². The molecule has 0 saturated carbocycles. The zero-order valence-corrected chi connectivity index (χ0v) is 40.6. The molecule has 0 aromatic heterocycles. The van der Waals surface area contributed by atoms with E-state index in [4.69, 9.17) is 32.7 Å². The van der Waals surface area contributed by atoms with E-state index in [9.17, 15) is 9.79 Å². The molecule has 4 nitrogen and oxygen atoms in total. The second kappa shape index (κ2) is 43.2. The summed E-state index contributed by atoms with van der Waals surface area (Å²) in [4.78, 5) is 24.2. The number of hydrogen-bond acceptors (Lipinski definition) is 8. The standard InChI is InChI=1S/2C18H39O2PS2.Cd/c2*1-3-5-7-9-11-13-15-17-20-21(19,22)23-18-16-14-12-10-8-6-4-2;/h2*3-18H2,1-2H3,(H,19,22);/q;;+2/p-2. The van der Waals surface area contributed by atoms with Gasteiger partial charge in [-0.1, -0.05) is 205 Å². The Bertz CT molecular complexity index is 591. The van der Waals surface area contributed by atoms with Crippen LogP contribution in [0.4, 0.5) is 0 Å². The quantitative estimate of drug-likeness (QED) is 0.0350. The molecule has 280 valence electrons. The number of rotatable bonds is 36. The first-order valence-electron chi connectivity index (χ1n) is 19.4. The van der Waals surface area contributed by atoms with Crippen molar-refractivity contribution < 1.29 is 46.1 Å². The maximum atomic E-state index is 12.1. The molecule has 0 heterocycles. The third kappa shape index (κ3) is 48.8.